The molecule has 4 aliphatic heterocycles. The second-order valence-electron chi connectivity index (χ2n) is 19.6. The molecule has 0 bridgehead atoms. The van der Waals surface area contributed by atoms with Gasteiger partial charge in [0.15, 0.2) is 0 Å². The van der Waals surface area contributed by atoms with Crippen LogP contribution in [-0.2, 0) is 43.6 Å². The number of ether oxygens (including phenoxy) is 3. The molecule has 5 aliphatic rings. The van der Waals surface area contributed by atoms with E-state index < -0.39 is 64.3 Å². The van der Waals surface area contributed by atoms with Gasteiger partial charge in [-0.15, -0.1) is 0 Å². The summed E-state index contributed by atoms with van der Waals surface area (Å²) in [5.41, 5.74) is 0.338. The predicted molar refractivity (Wildman–Crippen MR) is 282 cm³/mol. The zero-order chi connectivity index (χ0) is 54.3. The number of piperidine rings is 1. The van der Waals surface area contributed by atoms with Crippen LogP contribution in [0, 0.1) is 5.82 Å². The van der Waals surface area contributed by atoms with Crippen LogP contribution in [0.15, 0.2) is 78.9 Å². The third-order valence-corrected chi connectivity index (χ3v) is 15.4. The van der Waals surface area contributed by atoms with Gasteiger partial charge in [0.05, 0.1) is 55.2 Å². The fraction of sp³-hybridized carbons (Fsp3) is 0.418. The van der Waals surface area contributed by atoms with Crippen molar-refractivity contribution in [1.82, 2.24) is 26.2 Å². The van der Waals surface area contributed by atoms with Crippen LogP contribution in [0.25, 0.3) is 0 Å². The van der Waals surface area contributed by atoms with Gasteiger partial charge in [-0.1, -0.05) is 66.7 Å². The van der Waals surface area contributed by atoms with Gasteiger partial charge in [-0.2, -0.15) is 0 Å². The highest BCUT2D eigenvalue weighted by Crippen LogP contribution is 2.63. The highest BCUT2D eigenvalue weighted by molar-refractivity contribution is 6.31. The van der Waals surface area contributed by atoms with Crippen molar-refractivity contribution in [3.8, 4) is 0 Å². The standard InChI is InChI=1S/C55H59Cl2FN8O11/c56-33-14-17-37-40(30-33)63-53(74)55(37)45(36-9-4-10-38(57)46(36)58)47(65-54(55)20-2-1-3-21-54)50(71)62-34-15-12-32(13-16-34)48(69)60-23-7-25-76-27-29-77-28-26-75-24-6-22-59-43(68)31-61-39-11-5-8-35-44(39)52(73)66(51(35)72)41-18-19-42(67)64-49(41)70/h4-5,8-17,30,41,45,47,61,65H,1-3,6-7,18-29,31H2,(H,59,68)(H,60,69)(H,62,71)(H,63,74)(H,64,67,70)/t41?,45-,47+,55+/m0/s1. The maximum atomic E-state index is 16.3. The fourth-order valence-electron chi connectivity index (χ4n) is 11.5. The number of hydrogen-bond acceptors (Lipinski definition) is 13. The third-order valence-electron chi connectivity index (χ3n) is 14.9. The van der Waals surface area contributed by atoms with E-state index in [2.05, 4.69) is 37.2 Å². The monoisotopic (exact) mass is 1100 g/mol. The van der Waals surface area contributed by atoms with Gasteiger partial charge in [-0.05, 0) is 97.8 Å². The first-order chi connectivity index (χ1) is 37.2. The van der Waals surface area contributed by atoms with Crippen molar-refractivity contribution in [1.29, 1.82) is 0 Å². The Morgan fingerprint density at radius 1 is 0.766 bits per heavy atom. The molecule has 0 radical (unpaired) electrons. The van der Waals surface area contributed by atoms with Crippen molar-refractivity contribution in [3.63, 3.8) is 0 Å². The summed E-state index contributed by atoms with van der Waals surface area (Å²) in [5, 5.41) is 20.7. The number of halogens is 3. The van der Waals surface area contributed by atoms with E-state index in [1.165, 1.54) is 12.1 Å². The normalized spacial score (nSPS) is 21.2. The molecule has 8 amide bonds. The van der Waals surface area contributed by atoms with Gasteiger partial charge >= 0.3 is 0 Å². The molecule has 0 aromatic heterocycles. The molecule has 9 rings (SSSR count). The number of fused-ring (bicyclic) bond motifs is 4. The first-order valence-electron chi connectivity index (χ1n) is 25.8. The molecule has 77 heavy (non-hydrogen) atoms. The fourth-order valence-corrected chi connectivity index (χ4v) is 11.8. The van der Waals surface area contributed by atoms with E-state index in [0.29, 0.717) is 106 Å². The van der Waals surface area contributed by atoms with E-state index in [-0.39, 0.29) is 64.5 Å². The number of rotatable bonds is 22. The van der Waals surface area contributed by atoms with E-state index in [1.807, 2.05) is 0 Å². The maximum Gasteiger partial charge on any atom is 0.264 e. The Morgan fingerprint density at radius 2 is 1.45 bits per heavy atom. The summed E-state index contributed by atoms with van der Waals surface area (Å²) in [6.07, 6.45) is 4.89. The third kappa shape index (κ3) is 11.3. The van der Waals surface area contributed by atoms with E-state index in [0.717, 1.165) is 24.2 Å². The number of nitrogens with one attached hydrogen (secondary N) is 7. The topological polar surface area (TPSA) is 252 Å². The van der Waals surface area contributed by atoms with E-state index >= 15 is 4.39 Å². The summed E-state index contributed by atoms with van der Waals surface area (Å²) < 4.78 is 33.0. The molecule has 1 unspecified atom stereocenters. The minimum absolute atomic E-state index is 0.0103. The summed E-state index contributed by atoms with van der Waals surface area (Å²) in [4.78, 5) is 106. The van der Waals surface area contributed by atoms with Gasteiger partial charge in [-0.25, -0.2) is 4.39 Å². The molecular weight excluding hydrogens is 1040 g/mol. The Balaban J connectivity index is 0.646. The zero-order valence-electron chi connectivity index (χ0n) is 42.0. The quantitative estimate of drug-likeness (QED) is 0.0374. The summed E-state index contributed by atoms with van der Waals surface area (Å²) in [6, 6.07) is 18.8. The van der Waals surface area contributed by atoms with Gasteiger partial charge in [0, 0.05) is 71.8 Å². The number of hydrogen-bond donors (Lipinski definition) is 7. The van der Waals surface area contributed by atoms with Crippen molar-refractivity contribution >= 4 is 87.5 Å². The van der Waals surface area contributed by atoms with Crippen molar-refractivity contribution in [2.75, 3.05) is 75.2 Å². The van der Waals surface area contributed by atoms with Crippen molar-refractivity contribution < 1.29 is 57.0 Å². The van der Waals surface area contributed by atoms with Crippen molar-refractivity contribution in [3.05, 3.63) is 123 Å². The molecule has 2 saturated heterocycles. The van der Waals surface area contributed by atoms with Crippen molar-refractivity contribution in [2.45, 2.75) is 86.7 Å². The zero-order valence-corrected chi connectivity index (χ0v) is 43.5. The van der Waals surface area contributed by atoms with Crippen LogP contribution in [0.4, 0.5) is 21.5 Å². The summed E-state index contributed by atoms with van der Waals surface area (Å²) in [5.74, 6) is -5.59. The van der Waals surface area contributed by atoms with Gasteiger partial charge in [0.25, 0.3) is 17.7 Å². The number of anilines is 3. The minimum Gasteiger partial charge on any atom is -0.379 e. The number of benzene rings is 4. The molecule has 22 heteroatoms. The highest BCUT2D eigenvalue weighted by Gasteiger charge is 2.72. The molecule has 1 saturated carbocycles. The molecule has 4 atom stereocenters. The molecule has 4 aromatic rings. The van der Waals surface area contributed by atoms with E-state index in [1.54, 1.807) is 66.7 Å². The predicted octanol–water partition coefficient (Wildman–Crippen LogP) is 5.61. The smallest absolute Gasteiger partial charge is 0.264 e. The van der Waals surface area contributed by atoms with Crippen LogP contribution in [0.3, 0.4) is 0 Å². The Bertz CT molecular complexity index is 2960. The van der Waals surface area contributed by atoms with Crippen LogP contribution in [-0.4, -0.2) is 129 Å². The number of imide groups is 2. The first-order valence-corrected chi connectivity index (χ1v) is 26.6. The molecule has 7 N–H and O–H groups in total. The molecule has 1 aliphatic carbocycles. The Hall–Kier alpha value is -6.81. The van der Waals surface area contributed by atoms with Crippen LogP contribution in [0.1, 0.15) is 106 Å². The van der Waals surface area contributed by atoms with Crippen LogP contribution in [0.5, 0.6) is 0 Å². The lowest BCUT2D eigenvalue weighted by atomic mass is 9.55. The molecule has 3 fully saturated rings. The highest BCUT2D eigenvalue weighted by atomic mass is 35.5. The first kappa shape index (κ1) is 55.0. The number of nitrogens with zero attached hydrogens (tertiary/aromatic N) is 1. The summed E-state index contributed by atoms with van der Waals surface area (Å²) in [7, 11) is 0. The van der Waals surface area contributed by atoms with Gasteiger partial charge in [0.1, 0.15) is 17.3 Å². The largest absolute Gasteiger partial charge is 0.379 e. The molecular formula is C55H59Cl2FN8O11. The molecule has 2 spiro atoms. The van der Waals surface area contributed by atoms with Gasteiger partial charge in [0.2, 0.25) is 29.5 Å². The number of amides is 8. The summed E-state index contributed by atoms with van der Waals surface area (Å²) in [6.45, 7) is 2.66. The summed E-state index contributed by atoms with van der Waals surface area (Å²) >= 11 is 12.8. The lowest BCUT2D eigenvalue weighted by Crippen LogP contribution is -2.60. The van der Waals surface area contributed by atoms with E-state index in [9.17, 15) is 38.4 Å². The van der Waals surface area contributed by atoms with Gasteiger partial charge < -0.3 is 40.8 Å². The number of carbonyl (C=O) groups is 8. The Kier molecular flexibility index (Phi) is 17.3. The molecule has 4 aromatic carbocycles. The Labute approximate surface area is 453 Å². The second kappa shape index (κ2) is 24.2. The second-order valence-corrected chi connectivity index (χ2v) is 20.4. The average molecular weight is 1100 g/mol. The van der Waals surface area contributed by atoms with E-state index in [4.69, 9.17) is 37.4 Å². The SMILES string of the molecule is O=C(CNc1cccc2c1C(=O)N(C1CCC(=O)NC1=O)C2=O)NCCCOCCOCCOCCCNC(=O)c1ccc(NC(=O)[C@@H]2NC3(CCCCC3)[C@@]3(C(=O)Nc4cc(Cl)ccc43)[C@H]2c2cccc(Cl)c2F)cc1. The maximum absolute atomic E-state index is 16.3. The van der Waals surface area contributed by atoms with Crippen LogP contribution >= 0.6 is 23.2 Å². The van der Waals surface area contributed by atoms with Crippen LogP contribution < -0.4 is 37.2 Å². The molecule has 4 heterocycles. The lowest BCUT2D eigenvalue weighted by Gasteiger charge is -2.47. The van der Waals surface area contributed by atoms with Crippen LogP contribution in [0.2, 0.25) is 10.0 Å². The molecule has 406 valence electrons. The van der Waals surface area contributed by atoms with Gasteiger partial charge in [-0.3, -0.25) is 53.9 Å². The molecule has 19 nitrogen and oxygen atoms in total. The average Bonchev–Trinajstić information content (AvgIpc) is 4.21. The van der Waals surface area contributed by atoms with Crippen molar-refractivity contribution in [2.24, 2.45) is 0 Å². The number of carbonyl (C=O) groups excluding carboxylic acids is 8. The minimum atomic E-state index is -1.37. The Morgan fingerprint density at radius 3 is 2.17 bits per heavy atom. The lowest BCUT2D eigenvalue weighted by molar-refractivity contribution is -0.136.